The fraction of sp³-hybridized carbons (Fsp3) is 0.300. The third kappa shape index (κ3) is 3.41. The number of oxime groups is 1. The molecule has 0 aromatic heterocycles. The van der Waals surface area contributed by atoms with E-state index in [0.29, 0.717) is 19.5 Å². The Morgan fingerprint density at radius 1 is 1.12 bits per heavy atom. The van der Waals surface area contributed by atoms with Crippen LogP contribution in [0.25, 0.3) is 0 Å². The number of likely N-dealkylation sites (tertiary alicyclic amines) is 1. The molecular weight excluding hydrogens is 332 g/mol. The van der Waals surface area contributed by atoms with Crippen molar-refractivity contribution in [1.82, 2.24) is 4.90 Å². The molecule has 0 amide bonds. The number of aliphatic carboxylic acids is 1. The summed E-state index contributed by atoms with van der Waals surface area (Å²) in [4.78, 5) is 18.5. The topological polar surface area (TPSA) is 82.4 Å². The van der Waals surface area contributed by atoms with E-state index < -0.39 is 5.97 Å². The van der Waals surface area contributed by atoms with Crippen LogP contribution < -0.4 is 0 Å². The van der Waals surface area contributed by atoms with Gasteiger partial charge in [-0.25, -0.2) is 0 Å². The number of aromatic hydroxyl groups is 1. The molecule has 2 aromatic rings. The maximum absolute atomic E-state index is 10.9. The summed E-state index contributed by atoms with van der Waals surface area (Å²) in [5.41, 5.74) is 4.09. The molecule has 134 valence electrons. The molecule has 2 aromatic carbocycles. The highest BCUT2D eigenvalue weighted by Crippen LogP contribution is 2.30. The maximum Gasteiger partial charge on any atom is 0.309 e. The molecule has 0 saturated carbocycles. The Kier molecular flexibility index (Phi) is 4.34. The number of hydrogen-bond acceptors (Lipinski definition) is 5. The maximum atomic E-state index is 10.9. The van der Waals surface area contributed by atoms with Crippen LogP contribution >= 0.6 is 0 Å². The van der Waals surface area contributed by atoms with Crippen molar-refractivity contribution in [3.8, 4) is 5.75 Å². The normalized spacial score (nSPS) is 20.3. The summed E-state index contributed by atoms with van der Waals surface area (Å²) in [6, 6.07) is 15.2. The van der Waals surface area contributed by atoms with Crippen LogP contribution in [-0.2, 0) is 16.2 Å². The Bertz CT molecular complexity index is 824. The lowest BCUT2D eigenvalue weighted by Gasteiger charge is -2.36. The highest BCUT2D eigenvalue weighted by molar-refractivity contribution is 6.01. The minimum absolute atomic E-state index is 0.126. The second kappa shape index (κ2) is 6.80. The smallest absolute Gasteiger partial charge is 0.309 e. The summed E-state index contributed by atoms with van der Waals surface area (Å²) in [6.45, 7) is 2.00. The molecule has 0 radical (unpaired) electrons. The van der Waals surface area contributed by atoms with E-state index in [1.165, 1.54) is 0 Å². The van der Waals surface area contributed by atoms with Crippen molar-refractivity contribution in [1.29, 1.82) is 0 Å². The minimum atomic E-state index is -0.709. The summed E-state index contributed by atoms with van der Waals surface area (Å²) in [5.74, 6) is -0.699. The third-order valence-electron chi connectivity index (χ3n) is 4.93. The SMILES string of the molecule is O=C(O)C1CN(Cc2ccc(C3=NOC(c4ccc(O)cc4)C3)cc2)C1. The van der Waals surface area contributed by atoms with Crippen molar-refractivity contribution < 1.29 is 19.8 Å². The minimum Gasteiger partial charge on any atom is -0.508 e. The molecule has 2 aliphatic rings. The van der Waals surface area contributed by atoms with E-state index in [4.69, 9.17) is 9.94 Å². The Morgan fingerprint density at radius 2 is 1.81 bits per heavy atom. The average Bonchev–Trinajstić information content (AvgIpc) is 3.08. The summed E-state index contributed by atoms with van der Waals surface area (Å²) in [5, 5.41) is 22.5. The van der Waals surface area contributed by atoms with E-state index >= 15 is 0 Å². The largest absolute Gasteiger partial charge is 0.508 e. The molecule has 2 aliphatic heterocycles. The molecule has 0 aliphatic carbocycles. The fourth-order valence-electron chi connectivity index (χ4n) is 3.33. The standard InChI is InChI=1S/C20H20N2O4/c23-17-7-5-15(6-8-17)19-9-18(21-26-19)14-3-1-13(2-4-14)10-22-11-16(12-22)20(24)25/h1-8,16,19,23H,9-12H2,(H,24,25). The van der Waals surface area contributed by atoms with Crippen LogP contribution in [0.15, 0.2) is 53.7 Å². The predicted octanol–water partition coefficient (Wildman–Crippen LogP) is 2.77. The average molecular weight is 352 g/mol. The number of benzene rings is 2. The van der Waals surface area contributed by atoms with Crippen LogP contribution in [0.1, 0.15) is 29.2 Å². The molecule has 0 bridgehead atoms. The zero-order valence-corrected chi connectivity index (χ0v) is 14.2. The van der Waals surface area contributed by atoms with Gasteiger partial charge < -0.3 is 15.1 Å². The molecule has 2 heterocycles. The molecule has 4 rings (SSSR count). The number of nitrogens with zero attached hydrogens (tertiary/aromatic N) is 2. The van der Waals surface area contributed by atoms with Gasteiger partial charge in [0.05, 0.1) is 11.6 Å². The van der Waals surface area contributed by atoms with Gasteiger partial charge in [-0.05, 0) is 28.8 Å². The van der Waals surface area contributed by atoms with Crippen LogP contribution in [0, 0.1) is 5.92 Å². The second-order valence-electron chi connectivity index (χ2n) is 6.85. The Hall–Kier alpha value is -2.86. The Balaban J connectivity index is 1.34. The quantitative estimate of drug-likeness (QED) is 0.865. The van der Waals surface area contributed by atoms with Gasteiger partial charge >= 0.3 is 5.97 Å². The van der Waals surface area contributed by atoms with Gasteiger partial charge in [-0.15, -0.1) is 0 Å². The van der Waals surface area contributed by atoms with Gasteiger partial charge in [0.25, 0.3) is 0 Å². The first kappa shape index (κ1) is 16.6. The van der Waals surface area contributed by atoms with Crippen molar-refractivity contribution in [2.24, 2.45) is 11.1 Å². The molecule has 1 atom stereocenters. The van der Waals surface area contributed by atoms with Crippen LogP contribution in [0.5, 0.6) is 5.75 Å². The number of phenolic OH excluding ortho intramolecular Hbond substituents is 1. The first-order valence-electron chi connectivity index (χ1n) is 8.64. The molecule has 1 unspecified atom stereocenters. The lowest BCUT2D eigenvalue weighted by atomic mass is 9.98. The number of carboxylic acid groups (broad SMARTS) is 1. The molecule has 6 heteroatoms. The Labute approximate surface area is 151 Å². The van der Waals surface area contributed by atoms with E-state index in [9.17, 15) is 9.90 Å². The number of carbonyl (C=O) groups is 1. The van der Waals surface area contributed by atoms with Crippen molar-refractivity contribution in [3.63, 3.8) is 0 Å². The van der Waals surface area contributed by atoms with Crippen molar-refractivity contribution in [2.45, 2.75) is 19.1 Å². The van der Waals surface area contributed by atoms with E-state index in [1.54, 1.807) is 12.1 Å². The summed E-state index contributed by atoms with van der Waals surface area (Å²) < 4.78 is 0. The number of carboxylic acids is 1. The van der Waals surface area contributed by atoms with Gasteiger partial charge in [-0.3, -0.25) is 9.69 Å². The second-order valence-corrected chi connectivity index (χ2v) is 6.85. The molecule has 6 nitrogen and oxygen atoms in total. The van der Waals surface area contributed by atoms with Gasteiger partial charge in [-0.1, -0.05) is 41.6 Å². The zero-order valence-electron chi connectivity index (χ0n) is 14.2. The van der Waals surface area contributed by atoms with Crippen LogP contribution in [0.3, 0.4) is 0 Å². The summed E-state index contributed by atoms with van der Waals surface area (Å²) in [7, 11) is 0. The highest BCUT2D eigenvalue weighted by atomic mass is 16.6. The van der Waals surface area contributed by atoms with Crippen LogP contribution in [0.4, 0.5) is 0 Å². The van der Waals surface area contributed by atoms with E-state index in [0.717, 1.165) is 28.9 Å². The monoisotopic (exact) mass is 352 g/mol. The third-order valence-corrected chi connectivity index (χ3v) is 4.93. The lowest BCUT2D eigenvalue weighted by Crippen LogP contribution is -2.49. The van der Waals surface area contributed by atoms with Gasteiger partial charge in [0, 0.05) is 26.1 Å². The fourth-order valence-corrected chi connectivity index (χ4v) is 3.33. The van der Waals surface area contributed by atoms with E-state index in [1.807, 2.05) is 24.3 Å². The first-order chi connectivity index (χ1) is 12.6. The molecule has 1 fully saturated rings. The summed E-state index contributed by atoms with van der Waals surface area (Å²) >= 11 is 0. The van der Waals surface area contributed by atoms with Gasteiger partial charge in [0.2, 0.25) is 0 Å². The molecule has 26 heavy (non-hydrogen) atoms. The number of rotatable bonds is 5. The highest BCUT2D eigenvalue weighted by Gasteiger charge is 2.32. The van der Waals surface area contributed by atoms with Crippen LogP contribution in [0.2, 0.25) is 0 Å². The Morgan fingerprint density at radius 3 is 2.46 bits per heavy atom. The van der Waals surface area contributed by atoms with Crippen molar-refractivity contribution in [2.75, 3.05) is 13.1 Å². The van der Waals surface area contributed by atoms with Gasteiger partial charge in [0.1, 0.15) is 5.75 Å². The van der Waals surface area contributed by atoms with Crippen LogP contribution in [-0.4, -0.2) is 39.9 Å². The number of hydrogen-bond donors (Lipinski definition) is 2. The van der Waals surface area contributed by atoms with E-state index in [2.05, 4.69) is 22.2 Å². The van der Waals surface area contributed by atoms with E-state index in [-0.39, 0.29) is 17.8 Å². The predicted molar refractivity (Wildman–Crippen MR) is 95.9 cm³/mol. The zero-order chi connectivity index (χ0) is 18.1. The van der Waals surface area contributed by atoms with Crippen molar-refractivity contribution in [3.05, 3.63) is 65.2 Å². The molecule has 0 spiro atoms. The molecule has 2 N–H and O–H groups in total. The molecule has 1 saturated heterocycles. The lowest BCUT2D eigenvalue weighted by molar-refractivity contribution is -0.147. The number of phenols is 1. The van der Waals surface area contributed by atoms with Crippen molar-refractivity contribution >= 4 is 11.7 Å². The molecular formula is C20H20N2O4. The first-order valence-corrected chi connectivity index (χ1v) is 8.64. The van der Waals surface area contributed by atoms with Gasteiger partial charge in [0.15, 0.2) is 6.10 Å². The van der Waals surface area contributed by atoms with Gasteiger partial charge in [-0.2, -0.15) is 0 Å². The summed E-state index contributed by atoms with van der Waals surface area (Å²) in [6.07, 6.45) is 0.565.